The van der Waals surface area contributed by atoms with Gasteiger partial charge < -0.3 is 15.4 Å². The monoisotopic (exact) mass is 363 g/mol. The third kappa shape index (κ3) is 3.19. The minimum Gasteiger partial charge on any atom is -0.454 e. The SMILES string of the molecule is NC(=O)NC(=O)COC(=O)[C@@H]1CS[C@]2(c3ccccc3)CCC(=O)N12. The Morgan fingerprint density at radius 1 is 1.32 bits per heavy atom. The Morgan fingerprint density at radius 3 is 2.72 bits per heavy atom. The maximum Gasteiger partial charge on any atom is 0.330 e. The van der Waals surface area contributed by atoms with Crippen LogP contribution in [0.15, 0.2) is 30.3 Å². The minimum absolute atomic E-state index is 0.114. The molecule has 9 heteroatoms. The molecular weight excluding hydrogens is 346 g/mol. The van der Waals surface area contributed by atoms with Gasteiger partial charge in [-0.3, -0.25) is 14.9 Å². The number of nitrogens with one attached hydrogen (secondary N) is 1. The number of urea groups is 1. The van der Waals surface area contributed by atoms with E-state index >= 15 is 0 Å². The molecule has 0 bridgehead atoms. The molecule has 0 spiro atoms. The average molecular weight is 363 g/mol. The molecule has 1 aromatic carbocycles. The predicted molar refractivity (Wildman–Crippen MR) is 89.1 cm³/mol. The number of hydrogen-bond donors (Lipinski definition) is 2. The zero-order valence-electron chi connectivity index (χ0n) is 13.3. The van der Waals surface area contributed by atoms with Gasteiger partial charge in [0.05, 0.1) is 0 Å². The Bertz CT molecular complexity index is 726. The van der Waals surface area contributed by atoms with Gasteiger partial charge in [0, 0.05) is 12.2 Å². The molecule has 132 valence electrons. The highest BCUT2D eigenvalue weighted by Crippen LogP contribution is 2.54. The first-order chi connectivity index (χ1) is 11.9. The lowest BCUT2D eigenvalue weighted by molar-refractivity contribution is -0.156. The Morgan fingerprint density at radius 2 is 2.04 bits per heavy atom. The van der Waals surface area contributed by atoms with Crippen molar-refractivity contribution < 1.29 is 23.9 Å². The predicted octanol–water partition coefficient (Wildman–Crippen LogP) is 0.315. The second-order valence-corrected chi connectivity index (χ2v) is 7.06. The highest BCUT2D eigenvalue weighted by atomic mass is 32.2. The van der Waals surface area contributed by atoms with Gasteiger partial charge in [-0.05, 0) is 12.0 Å². The second kappa shape index (κ2) is 6.75. The molecule has 2 saturated heterocycles. The number of esters is 1. The number of primary amides is 1. The maximum absolute atomic E-state index is 12.4. The van der Waals surface area contributed by atoms with E-state index in [1.807, 2.05) is 35.6 Å². The van der Waals surface area contributed by atoms with Crippen LogP contribution in [0.3, 0.4) is 0 Å². The topological polar surface area (TPSA) is 119 Å². The molecule has 0 aliphatic carbocycles. The van der Waals surface area contributed by atoms with Gasteiger partial charge in [-0.15, -0.1) is 11.8 Å². The minimum atomic E-state index is -1.02. The number of ether oxygens (including phenoxy) is 1. The summed E-state index contributed by atoms with van der Waals surface area (Å²) in [7, 11) is 0. The molecule has 3 N–H and O–H groups in total. The number of hydrogen-bond acceptors (Lipinski definition) is 6. The molecule has 2 heterocycles. The summed E-state index contributed by atoms with van der Waals surface area (Å²) in [6.07, 6.45) is 0.973. The standard InChI is InChI=1S/C16H17N3O5S/c17-15(23)18-12(20)8-24-14(22)11-9-25-16(7-6-13(21)19(11)16)10-4-2-1-3-5-10/h1-5,11H,6-9H2,(H3,17,18,20,23)/t11-,16-/m0/s1. The van der Waals surface area contributed by atoms with Crippen molar-refractivity contribution in [2.45, 2.75) is 23.8 Å². The fraction of sp³-hybridized carbons (Fsp3) is 0.375. The summed E-state index contributed by atoms with van der Waals surface area (Å²) in [6, 6.07) is 7.77. The summed E-state index contributed by atoms with van der Waals surface area (Å²) in [6.45, 7) is -0.622. The second-order valence-electron chi connectivity index (χ2n) is 5.76. The van der Waals surface area contributed by atoms with Crippen molar-refractivity contribution in [3.63, 3.8) is 0 Å². The van der Waals surface area contributed by atoms with Crippen LogP contribution < -0.4 is 11.1 Å². The fourth-order valence-electron chi connectivity index (χ4n) is 3.22. The van der Waals surface area contributed by atoms with Gasteiger partial charge >= 0.3 is 12.0 Å². The number of thioether (sulfide) groups is 1. The summed E-state index contributed by atoms with van der Waals surface area (Å²) in [4.78, 5) is 47.7. The van der Waals surface area contributed by atoms with Crippen LogP contribution in [0.25, 0.3) is 0 Å². The molecule has 8 nitrogen and oxygen atoms in total. The zero-order valence-corrected chi connectivity index (χ0v) is 14.1. The Balaban J connectivity index is 1.74. The van der Waals surface area contributed by atoms with Crippen LogP contribution in [0.5, 0.6) is 0 Å². The van der Waals surface area contributed by atoms with Crippen LogP contribution in [-0.2, 0) is 24.0 Å². The normalized spacial score (nSPS) is 24.7. The lowest BCUT2D eigenvalue weighted by Crippen LogP contribution is -2.47. The molecule has 4 amide bonds. The number of nitrogens with two attached hydrogens (primary N) is 1. The number of nitrogens with zero attached hydrogens (tertiary/aromatic N) is 1. The van der Waals surface area contributed by atoms with E-state index in [1.165, 1.54) is 11.8 Å². The van der Waals surface area contributed by atoms with E-state index in [-0.39, 0.29) is 5.91 Å². The summed E-state index contributed by atoms with van der Waals surface area (Å²) in [5, 5.41) is 1.81. The molecule has 3 rings (SSSR count). The number of imide groups is 1. The number of carbonyl (C=O) groups excluding carboxylic acids is 4. The fourth-order valence-corrected chi connectivity index (χ4v) is 4.86. The van der Waals surface area contributed by atoms with Crippen molar-refractivity contribution in [1.82, 2.24) is 10.2 Å². The van der Waals surface area contributed by atoms with Crippen molar-refractivity contribution >= 4 is 35.6 Å². The maximum atomic E-state index is 12.4. The van der Waals surface area contributed by atoms with E-state index < -0.39 is 35.4 Å². The van der Waals surface area contributed by atoms with Gasteiger partial charge in [0.2, 0.25) is 5.91 Å². The lowest BCUT2D eigenvalue weighted by atomic mass is 10.0. The van der Waals surface area contributed by atoms with Crippen molar-refractivity contribution in [3.05, 3.63) is 35.9 Å². The van der Waals surface area contributed by atoms with Crippen LogP contribution in [-0.4, -0.2) is 47.1 Å². The first kappa shape index (κ1) is 17.3. The van der Waals surface area contributed by atoms with Gasteiger partial charge in [0.15, 0.2) is 6.61 Å². The summed E-state index contributed by atoms with van der Waals surface area (Å²) >= 11 is 1.53. The van der Waals surface area contributed by atoms with Crippen molar-refractivity contribution in [2.75, 3.05) is 12.4 Å². The average Bonchev–Trinajstić information content (AvgIpc) is 3.13. The van der Waals surface area contributed by atoms with Gasteiger partial charge in [-0.2, -0.15) is 0 Å². The van der Waals surface area contributed by atoms with Gasteiger partial charge in [-0.25, -0.2) is 9.59 Å². The molecule has 0 unspecified atom stereocenters. The zero-order chi connectivity index (χ0) is 18.0. The molecule has 0 aromatic heterocycles. The quantitative estimate of drug-likeness (QED) is 0.744. The summed E-state index contributed by atoms with van der Waals surface area (Å²) in [5.74, 6) is -1.21. The van der Waals surface area contributed by atoms with E-state index in [2.05, 4.69) is 0 Å². The molecular formula is C16H17N3O5S. The highest BCUT2D eigenvalue weighted by Gasteiger charge is 2.57. The molecule has 2 atom stereocenters. The van der Waals surface area contributed by atoms with Crippen molar-refractivity contribution in [1.29, 1.82) is 0 Å². The van der Waals surface area contributed by atoms with E-state index in [0.29, 0.717) is 18.6 Å². The van der Waals surface area contributed by atoms with E-state index in [4.69, 9.17) is 10.5 Å². The van der Waals surface area contributed by atoms with Crippen LogP contribution in [0.2, 0.25) is 0 Å². The number of carbonyl (C=O) groups is 4. The first-order valence-corrected chi connectivity index (χ1v) is 8.70. The molecule has 0 radical (unpaired) electrons. The first-order valence-electron chi connectivity index (χ1n) is 7.71. The third-order valence-corrected chi connectivity index (χ3v) is 5.83. The van der Waals surface area contributed by atoms with E-state index in [9.17, 15) is 19.2 Å². The van der Waals surface area contributed by atoms with Gasteiger partial charge in [0.25, 0.3) is 5.91 Å². The molecule has 25 heavy (non-hydrogen) atoms. The lowest BCUT2D eigenvalue weighted by Gasteiger charge is -2.33. The number of fused-ring (bicyclic) bond motifs is 1. The van der Waals surface area contributed by atoms with E-state index in [0.717, 1.165) is 5.56 Å². The van der Waals surface area contributed by atoms with Crippen LogP contribution in [0, 0.1) is 0 Å². The number of amides is 4. The molecule has 2 aliphatic rings. The van der Waals surface area contributed by atoms with Crippen LogP contribution >= 0.6 is 11.8 Å². The summed E-state index contributed by atoms with van der Waals surface area (Å²) in [5.41, 5.74) is 5.79. The van der Waals surface area contributed by atoms with E-state index in [1.54, 1.807) is 4.90 Å². The van der Waals surface area contributed by atoms with Crippen LogP contribution in [0.4, 0.5) is 4.79 Å². The highest BCUT2D eigenvalue weighted by molar-refractivity contribution is 8.00. The Kier molecular flexibility index (Phi) is 4.67. The van der Waals surface area contributed by atoms with Crippen molar-refractivity contribution in [2.24, 2.45) is 5.73 Å². The molecule has 0 saturated carbocycles. The number of rotatable bonds is 4. The molecule has 2 aliphatic heterocycles. The van der Waals surface area contributed by atoms with Gasteiger partial charge in [-0.1, -0.05) is 30.3 Å². The molecule has 1 aromatic rings. The largest absolute Gasteiger partial charge is 0.454 e. The van der Waals surface area contributed by atoms with Crippen molar-refractivity contribution in [3.8, 4) is 0 Å². The Hall–Kier alpha value is -2.55. The van der Waals surface area contributed by atoms with Gasteiger partial charge in [0.1, 0.15) is 10.9 Å². The smallest absolute Gasteiger partial charge is 0.330 e. The van der Waals surface area contributed by atoms with Crippen LogP contribution in [0.1, 0.15) is 18.4 Å². The Labute approximate surface area is 148 Å². The number of benzene rings is 1. The third-order valence-electron chi connectivity index (χ3n) is 4.23. The molecule has 2 fully saturated rings. The summed E-state index contributed by atoms with van der Waals surface area (Å²) < 4.78 is 4.96.